The molecule has 104 valence electrons. The first-order valence-corrected chi connectivity index (χ1v) is 6.55. The summed E-state index contributed by atoms with van der Waals surface area (Å²) in [5.41, 5.74) is 0.560. The molecule has 2 heterocycles. The SMILES string of the molecule is CC1(C)NC(=O)CCC1NC(=O)CCc1cnc[nH]1. The van der Waals surface area contributed by atoms with Gasteiger partial charge in [-0.25, -0.2) is 4.98 Å². The zero-order valence-corrected chi connectivity index (χ0v) is 11.3. The van der Waals surface area contributed by atoms with Crippen LogP contribution in [0.2, 0.25) is 0 Å². The number of nitrogens with one attached hydrogen (secondary N) is 3. The van der Waals surface area contributed by atoms with Gasteiger partial charge in [0.15, 0.2) is 0 Å². The van der Waals surface area contributed by atoms with Crippen LogP contribution in [0.25, 0.3) is 0 Å². The quantitative estimate of drug-likeness (QED) is 0.740. The Kier molecular flexibility index (Phi) is 3.87. The Morgan fingerprint density at radius 1 is 1.58 bits per heavy atom. The van der Waals surface area contributed by atoms with E-state index in [1.807, 2.05) is 13.8 Å². The summed E-state index contributed by atoms with van der Waals surface area (Å²) in [5, 5.41) is 5.92. The maximum Gasteiger partial charge on any atom is 0.220 e. The number of carbonyl (C=O) groups excluding carboxylic acids is 2. The Hall–Kier alpha value is -1.85. The second-order valence-corrected chi connectivity index (χ2v) is 5.51. The molecule has 6 heteroatoms. The predicted octanol–water partition coefficient (Wildman–Crippen LogP) is 0.516. The lowest BCUT2D eigenvalue weighted by molar-refractivity contribution is -0.128. The Morgan fingerprint density at radius 2 is 2.37 bits per heavy atom. The number of nitrogens with zero attached hydrogens (tertiary/aromatic N) is 1. The van der Waals surface area contributed by atoms with E-state index >= 15 is 0 Å². The van der Waals surface area contributed by atoms with Gasteiger partial charge in [0.05, 0.1) is 17.9 Å². The van der Waals surface area contributed by atoms with Gasteiger partial charge in [0, 0.05) is 24.7 Å². The van der Waals surface area contributed by atoms with E-state index in [2.05, 4.69) is 20.6 Å². The Labute approximate surface area is 112 Å². The third-order valence-electron chi connectivity index (χ3n) is 3.50. The summed E-state index contributed by atoms with van der Waals surface area (Å²) in [7, 11) is 0. The van der Waals surface area contributed by atoms with Crippen LogP contribution in [0.3, 0.4) is 0 Å². The van der Waals surface area contributed by atoms with Gasteiger partial charge in [-0.3, -0.25) is 9.59 Å². The highest BCUT2D eigenvalue weighted by Crippen LogP contribution is 2.19. The van der Waals surface area contributed by atoms with Crippen molar-refractivity contribution in [1.29, 1.82) is 0 Å². The highest BCUT2D eigenvalue weighted by atomic mass is 16.2. The second-order valence-electron chi connectivity index (χ2n) is 5.51. The molecule has 1 aromatic heterocycles. The number of aromatic nitrogens is 2. The van der Waals surface area contributed by atoms with Gasteiger partial charge in [0.25, 0.3) is 0 Å². The molecule has 1 fully saturated rings. The molecule has 3 N–H and O–H groups in total. The lowest BCUT2D eigenvalue weighted by Crippen LogP contribution is -2.62. The third kappa shape index (κ3) is 3.56. The van der Waals surface area contributed by atoms with Crippen molar-refractivity contribution in [3.63, 3.8) is 0 Å². The normalized spacial score (nSPS) is 21.8. The molecule has 2 amide bonds. The van der Waals surface area contributed by atoms with Crippen molar-refractivity contribution in [3.8, 4) is 0 Å². The number of piperidine rings is 1. The highest BCUT2D eigenvalue weighted by Gasteiger charge is 2.36. The number of carbonyl (C=O) groups is 2. The molecule has 0 radical (unpaired) electrons. The van der Waals surface area contributed by atoms with Crippen LogP contribution in [0.15, 0.2) is 12.5 Å². The molecule has 0 aliphatic carbocycles. The summed E-state index contributed by atoms with van der Waals surface area (Å²) in [6.07, 6.45) is 5.54. The lowest BCUT2D eigenvalue weighted by atomic mass is 9.86. The van der Waals surface area contributed by atoms with E-state index in [9.17, 15) is 9.59 Å². The first-order valence-electron chi connectivity index (χ1n) is 6.55. The fourth-order valence-corrected chi connectivity index (χ4v) is 2.33. The Bertz CT molecular complexity index is 453. The van der Waals surface area contributed by atoms with Crippen molar-refractivity contribution < 1.29 is 9.59 Å². The van der Waals surface area contributed by atoms with Gasteiger partial charge in [-0.2, -0.15) is 0 Å². The van der Waals surface area contributed by atoms with E-state index in [1.165, 1.54) is 0 Å². The van der Waals surface area contributed by atoms with Crippen LogP contribution in [-0.2, 0) is 16.0 Å². The molecular weight excluding hydrogens is 244 g/mol. The van der Waals surface area contributed by atoms with Crippen molar-refractivity contribution in [2.24, 2.45) is 0 Å². The minimum absolute atomic E-state index is 0.00354. The number of amides is 2. The zero-order valence-electron chi connectivity index (χ0n) is 11.3. The van der Waals surface area contributed by atoms with Crippen LogP contribution in [0.1, 0.15) is 38.8 Å². The van der Waals surface area contributed by atoms with E-state index in [1.54, 1.807) is 12.5 Å². The van der Waals surface area contributed by atoms with Crippen LogP contribution >= 0.6 is 0 Å². The van der Waals surface area contributed by atoms with Crippen LogP contribution in [0.5, 0.6) is 0 Å². The summed E-state index contributed by atoms with van der Waals surface area (Å²) in [6, 6.07) is -0.0144. The summed E-state index contributed by atoms with van der Waals surface area (Å²) in [5.74, 6) is 0.0526. The summed E-state index contributed by atoms with van der Waals surface area (Å²) >= 11 is 0. The Balaban J connectivity index is 1.83. The van der Waals surface area contributed by atoms with Gasteiger partial charge in [-0.15, -0.1) is 0 Å². The van der Waals surface area contributed by atoms with Crippen molar-refractivity contribution in [3.05, 3.63) is 18.2 Å². The highest BCUT2D eigenvalue weighted by molar-refractivity contribution is 5.80. The van der Waals surface area contributed by atoms with Crippen LogP contribution in [-0.4, -0.2) is 33.4 Å². The minimum atomic E-state index is -0.390. The molecule has 19 heavy (non-hydrogen) atoms. The van der Waals surface area contributed by atoms with Gasteiger partial charge in [-0.1, -0.05) is 0 Å². The summed E-state index contributed by atoms with van der Waals surface area (Å²) in [4.78, 5) is 30.2. The molecule has 1 aromatic rings. The van der Waals surface area contributed by atoms with Gasteiger partial charge >= 0.3 is 0 Å². The molecule has 1 saturated heterocycles. The fourth-order valence-electron chi connectivity index (χ4n) is 2.33. The molecule has 6 nitrogen and oxygen atoms in total. The largest absolute Gasteiger partial charge is 0.351 e. The second kappa shape index (κ2) is 5.42. The van der Waals surface area contributed by atoms with Crippen LogP contribution in [0, 0.1) is 0 Å². The number of imidazole rings is 1. The fraction of sp³-hybridized carbons (Fsp3) is 0.615. The number of hydrogen-bond donors (Lipinski definition) is 3. The van der Waals surface area contributed by atoms with Gasteiger partial charge in [0.2, 0.25) is 11.8 Å². The zero-order chi connectivity index (χ0) is 13.9. The maximum absolute atomic E-state index is 11.9. The van der Waals surface area contributed by atoms with E-state index < -0.39 is 0 Å². The van der Waals surface area contributed by atoms with E-state index in [0.717, 1.165) is 5.69 Å². The van der Waals surface area contributed by atoms with Gasteiger partial charge < -0.3 is 15.6 Å². The van der Waals surface area contributed by atoms with E-state index in [0.29, 0.717) is 25.7 Å². The summed E-state index contributed by atoms with van der Waals surface area (Å²) in [6.45, 7) is 3.87. The molecule has 1 unspecified atom stereocenters. The van der Waals surface area contributed by atoms with Gasteiger partial charge in [0.1, 0.15) is 0 Å². The standard InChI is InChI=1S/C13H20N4O2/c1-13(2)10(4-6-12(19)17-13)16-11(18)5-3-9-7-14-8-15-9/h7-8,10H,3-6H2,1-2H3,(H,14,15)(H,16,18)(H,17,19). The number of aromatic amines is 1. The minimum Gasteiger partial charge on any atom is -0.351 e. The average molecular weight is 264 g/mol. The third-order valence-corrected chi connectivity index (χ3v) is 3.50. The van der Waals surface area contributed by atoms with Crippen molar-refractivity contribution in [2.75, 3.05) is 0 Å². The van der Waals surface area contributed by atoms with Crippen LogP contribution < -0.4 is 10.6 Å². The maximum atomic E-state index is 11.9. The van der Waals surface area contributed by atoms with E-state index in [-0.39, 0.29) is 23.4 Å². The molecule has 0 saturated carbocycles. The average Bonchev–Trinajstić information content (AvgIpc) is 2.82. The molecule has 0 bridgehead atoms. The molecule has 2 rings (SSSR count). The smallest absolute Gasteiger partial charge is 0.220 e. The van der Waals surface area contributed by atoms with Crippen LogP contribution in [0.4, 0.5) is 0 Å². The molecule has 0 spiro atoms. The topological polar surface area (TPSA) is 86.9 Å². The van der Waals surface area contributed by atoms with Crippen molar-refractivity contribution in [1.82, 2.24) is 20.6 Å². The van der Waals surface area contributed by atoms with E-state index in [4.69, 9.17) is 0 Å². The number of aryl methyl sites for hydroxylation is 1. The van der Waals surface area contributed by atoms with Crippen molar-refractivity contribution in [2.45, 2.75) is 51.1 Å². The first kappa shape index (κ1) is 13.6. The predicted molar refractivity (Wildman–Crippen MR) is 70.3 cm³/mol. The van der Waals surface area contributed by atoms with Gasteiger partial charge in [-0.05, 0) is 26.7 Å². The van der Waals surface area contributed by atoms with Crippen molar-refractivity contribution >= 4 is 11.8 Å². The lowest BCUT2D eigenvalue weighted by Gasteiger charge is -2.39. The molecule has 0 aromatic carbocycles. The Morgan fingerprint density at radius 3 is 3.00 bits per heavy atom. The first-order chi connectivity index (χ1) is 8.97. The molecule has 1 aliphatic rings. The molecular formula is C13H20N4O2. The summed E-state index contributed by atoms with van der Waals surface area (Å²) < 4.78 is 0. The molecule has 1 atom stereocenters. The number of hydrogen-bond acceptors (Lipinski definition) is 3. The number of H-pyrrole nitrogens is 1. The monoisotopic (exact) mass is 264 g/mol. The molecule has 1 aliphatic heterocycles. The number of rotatable bonds is 4.